The lowest BCUT2D eigenvalue weighted by Crippen LogP contribution is -2.18. The van der Waals surface area contributed by atoms with Crippen LogP contribution >= 0.6 is 11.3 Å². The third-order valence-electron chi connectivity index (χ3n) is 2.19. The molecule has 4 heteroatoms. The highest BCUT2D eigenvalue weighted by Gasteiger charge is 2.03. The largest absolute Gasteiger partial charge is 0.469 e. The highest BCUT2D eigenvalue weighted by molar-refractivity contribution is 7.12. The van der Waals surface area contributed by atoms with Gasteiger partial charge in [-0.05, 0) is 25.5 Å². The van der Waals surface area contributed by atoms with Crippen molar-refractivity contribution in [3.63, 3.8) is 0 Å². The number of rotatable bonds is 5. The molecule has 0 atom stereocenters. The van der Waals surface area contributed by atoms with Crippen LogP contribution in [-0.4, -0.2) is 19.6 Å². The molecule has 0 fully saturated rings. The number of ether oxygens (including phenoxy) is 1. The molecule has 3 nitrogen and oxygen atoms in total. The number of hydrogen-bond donors (Lipinski definition) is 1. The fourth-order valence-electron chi connectivity index (χ4n) is 1.37. The number of carbonyl (C=O) groups excluding carboxylic acids is 1. The van der Waals surface area contributed by atoms with Gasteiger partial charge in [0.05, 0.1) is 13.5 Å². The fraction of sp³-hybridized carbons (Fsp3) is 0.545. The molecule has 0 unspecified atom stereocenters. The fourth-order valence-corrected chi connectivity index (χ4v) is 2.32. The van der Waals surface area contributed by atoms with Gasteiger partial charge in [-0.2, -0.15) is 0 Å². The lowest BCUT2D eigenvalue weighted by atomic mass is 10.2. The number of aryl methyl sites for hydroxylation is 2. The van der Waals surface area contributed by atoms with Crippen LogP contribution in [-0.2, 0) is 16.1 Å². The van der Waals surface area contributed by atoms with Gasteiger partial charge in [-0.25, -0.2) is 0 Å². The van der Waals surface area contributed by atoms with Crippen molar-refractivity contribution in [2.24, 2.45) is 0 Å². The average molecular weight is 227 g/mol. The molecule has 84 valence electrons. The normalized spacial score (nSPS) is 10.3. The van der Waals surface area contributed by atoms with Gasteiger partial charge < -0.3 is 10.1 Å². The number of methoxy groups -OCH3 is 1. The number of nitrogens with one attached hydrogen (secondary N) is 1. The SMILES string of the molecule is COC(=O)CCNCc1cc(C)sc1C. The van der Waals surface area contributed by atoms with E-state index in [1.807, 2.05) is 0 Å². The highest BCUT2D eigenvalue weighted by atomic mass is 32.1. The Hall–Kier alpha value is -0.870. The minimum atomic E-state index is -0.166. The van der Waals surface area contributed by atoms with Crippen molar-refractivity contribution in [3.8, 4) is 0 Å². The molecule has 0 bridgehead atoms. The van der Waals surface area contributed by atoms with Crippen LogP contribution < -0.4 is 5.32 Å². The maximum atomic E-state index is 10.8. The zero-order chi connectivity index (χ0) is 11.3. The van der Waals surface area contributed by atoms with Gasteiger partial charge in [-0.1, -0.05) is 0 Å². The molecule has 0 saturated carbocycles. The smallest absolute Gasteiger partial charge is 0.306 e. The first-order valence-corrected chi connectivity index (χ1v) is 5.78. The summed E-state index contributed by atoms with van der Waals surface area (Å²) < 4.78 is 4.55. The highest BCUT2D eigenvalue weighted by Crippen LogP contribution is 2.19. The quantitative estimate of drug-likeness (QED) is 0.618. The van der Waals surface area contributed by atoms with E-state index in [1.54, 1.807) is 11.3 Å². The molecule has 0 spiro atoms. The van der Waals surface area contributed by atoms with Crippen molar-refractivity contribution in [1.29, 1.82) is 0 Å². The summed E-state index contributed by atoms with van der Waals surface area (Å²) in [4.78, 5) is 13.5. The van der Waals surface area contributed by atoms with Crippen molar-refractivity contribution in [3.05, 3.63) is 21.4 Å². The van der Waals surface area contributed by atoms with E-state index in [0.717, 1.165) is 6.54 Å². The second kappa shape index (κ2) is 5.88. The Morgan fingerprint density at radius 1 is 1.53 bits per heavy atom. The molecule has 0 aliphatic carbocycles. The van der Waals surface area contributed by atoms with Crippen LogP contribution in [0.5, 0.6) is 0 Å². The third-order valence-corrected chi connectivity index (χ3v) is 3.20. The molecule has 0 aromatic carbocycles. The first-order chi connectivity index (χ1) is 7.13. The summed E-state index contributed by atoms with van der Waals surface area (Å²) in [6, 6.07) is 2.19. The number of thiophene rings is 1. The minimum Gasteiger partial charge on any atom is -0.469 e. The Balaban J connectivity index is 2.26. The summed E-state index contributed by atoms with van der Waals surface area (Å²) in [6.45, 7) is 5.72. The minimum absolute atomic E-state index is 0.166. The van der Waals surface area contributed by atoms with E-state index in [2.05, 4.69) is 30.0 Å². The van der Waals surface area contributed by atoms with E-state index in [0.29, 0.717) is 13.0 Å². The molecule has 0 aliphatic rings. The van der Waals surface area contributed by atoms with Gasteiger partial charge >= 0.3 is 5.97 Å². The van der Waals surface area contributed by atoms with E-state index in [4.69, 9.17) is 0 Å². The van der Waals surface area contributed by atoms with Gasteiger partial charge in [-0.15, -0.1) is 11.3 Å². The first-order valence-electron chi connectivity index (χ1n) is 4.97. The molecule has 1 aromatic rings. The molecular weight excluding hydrogens is 210 g/mol. The lowest BCUT2D eigenvalue weighted by Gasteiger charge is -2.03. The molecule has 0 amide bonds. The third kappa shape index (κ3) is 4.01. The van der Waals surface area contributed by atoms with Gasteiger partial charge in [0.2, 0.25) is 0 Å². The zero-order valence-corrected chi connectivity index (χ0v) is 10.2. The second-order valence-electron chi connectivity index (χ2n) is 3.44. The summed E-state index contributed by atoms with van der Waals surface area (Å²) in [5.74, 6) is -0.166. The van der Waals surface area contributed by atoms with Gasteiger partial charge in [-0.3, -0.25) is 4.79 Å². The number of esters is 1. The van der Waals surface area contributed by atoms with E-state index in [1.165, 1.54) is 22.4 Å². The Morgan fingerprint density at radius 3 is 2.80 bits per heavy atom. The number of hydrogen-bond acceptors (Lipinski definition) is 4. The average Bonchev–Trinajstić information content (AvgIpc) is 2.52. The molecule has 1 heterocycles. The Labute approximate surface area is 94.5 Å². The maximum Gasteiger partial charge on any atom is 0.306 e. The van der Waals surface area contributed by atoms with Crippen LogP contribution in [0.2, 0.25) is 0 Å². The van der Waals surface area contributed by atoms with Crippen LogP contribution in [0.25, 0.3) is 0 Å². The maximum absolute atomic E-state index is 10.8. The summed E-state index contributed by atoms with van der Waals surface area (Å²) in [7, 11) is 1.41. The van der Waals surface area contributed by atoms with Gasteiger partial charge in [0.25, 0.3) is 0 Å². The summed E-state index contributed by atoms with van der Waals surface area (Å²) in [5.41, 5.74) is 1.32. The molecular formula is C11H17NO2S. The van der Waals surface area contributed by atoms with Crippen molar-refractivity contribution >= 4 is 17.3 Å². The molecule has 15 heavy (non-hydrogen) atoms. The first kappa shape index (κ1) is 12.2. The van der Waals surface area contributed by atoms with Gasteiger partial charge in [0, 0.05) is 22.8 Å². The van der Waals surface area contributed by atoms with Crippen LogP contribution in [0.3, 0.4) is 0 Å². The lowest BCUT2D eigenvalue weighted by molar-refractivity contribution is -0.140. The van der Waals surface area contributed by atoms with Crippen LogP contribution in [0, 0.1) is 13.8 Å². The van der Waals surface area contributed by atoms with Crippen molar-refractivity contribution in [2.75, 3.05) is 13.7 Å². The van der Waals surface area contributed by atoms with Gasteiger partial charge in [0.15, 0.2) is 0 Å². The Kier molecular flexibility index (Phi) is 4.78. The summed E-state index contributed by atoms with van der Waals surface area (Å²) in [6.07, 6.45) is 0.429. The molecule has 0 radical (unpaired) electrons. The molecule has 0 saturated heterocycles. The molecule has 1 aromatic heterocycles. The molecule has 0 aliphatic heterocycles. The monoisotopic (exact) mass is 227 g/mol. The van der Waals surface area contributed by atoms with E-state index < -0.39 is 0 Å². The van der Waals surface area contributed by atoms with Crippen molar-refractivity contribution in [1.82, 2.24) is 5.32 Å². The van der Waals surface area contributed by atoms with Crippen LogP contribution in [0.4, 0.5) is 0 Å². The Bertz CT molecular complexity index is 333. The second-order valence-corrected chi connectivity index (χ2v) is 4.90. The zero-order valence-electron chi connectivity index (χ0n) is 9.42. The summed E-state index contributed by atoms with van der Waals surface area (Å²) >= 11 is 1.81. The molecule has 1 rings (SSSR count). The van der Waals surface area contributed by atoms with Crippen molar-refractivity contribution in [2.45, 2.75) is 26.8 Å². The standard InChI is InChI=1S/C11H17NO2S/c1-8-6-10(9(2)15-8)7-12-5-4-11(13)14-3/h6,12H,4-5,7H2,1-3H3. The number of carbonyl (C=O) groups is 1. The topological polar surface area (TPSA) is 38.3 Å². The predicted octanol–water partition coefficient (Wildman–Crippen LogP) is 2.02. The molecule has 1 N–H and O–H groups in total. The summed E-state index contributed by atoms with van der Waals surface area (Å²) in [5, 5.41) is 3.23. The van der Waals surface area contributed by atoms with E-state index >= 15 is 0 Å². The predicted molar refractivity (Wildman–Crippen MR) is 62.1 cm³/mol. The van der Waals surface area contributed by atoms with Crippen LogP contribution in [0.1, 0.15) is 21.7 Å². The van der Waals surface area contributed by atoms with E-state index in [9.17, 15) is 4.79 Å². The van der Waals surface area contributed by atoms with E-state index in [-0.39, 0.29) is 5.97 Å². The van der Waals surface area contributed by atoms with Crippen LogP contribution in [0.15, 0.2) is 6.07 Å². The van der Waals surface area contributed by atoms with Crippen molar-refractivity contribution < 1.29 is 9.53 Å². The van der Waals surface area contributed by atoms with Gasteiger partial charge in [0.1, 0.15) is 0 Å². The Morgan fingerprint density at radius 2 is 2.27 bits per heavy atom.